The van der Waals surface area contributed by atoms with Gasteiger partial charge in [0.1, 0.15) is 0 Å². The van der Waals surface area contributed by atoms with Crippen LogP contribution in [0, 0.1) is 198 Å². The number of aliphatic carboxylic acids is 6. The molecular weight excluding hydrogens is 2290 g/mol. The van der Waals surface area contributed by atoms with Gasteiger partial charge in [-0.3, -0.25) is 0 Å². The van der Waals surface area contributed by atoms with Gasteiger partial charge in [0.2, 0.25) is 0 Å². The number of hydrogen-bond donors (Lipinski definition) is 12. The van der Waals surface area contributed by atoms with Crippen LogP contribution in [0.15, 0.2) is 396 Å². The van der Waals surface area contributed by atoms with E-state index in [0.29, 0.717) is 50.1 Å². The second-order valence-electron chi connectivity index (χ2n) is 28.3. The summed E-state index contributed by atoms with van der Waals surface area (Å²) >= 11 is 0. The van der Waals surface area contributed by atoms with Crippen LogP contribution in [0.2, 0.25) is 0 Å². The van der Waals surface area contributed by atoms with Crippen LogP contribution in [0.4, 0.5) is 0 Å². The van der Waals surface area contributed by atoms with Gasteiger partial charge in [-0.1, -0.05) is 346 Å². The smallest absolute Gasteiger partial charge is 0.337 e. The molecule has 0 saturated carbocycles. The fourth-order valence-corrected chi connectivity index (χ4v) is 13.8. The Morgan fingerprint density at radius 3 is 0.485 bits per heavy atom. The van der Waals surface area contributed by atoms with Crippen LogP contribution >= 0.6 is 0 Å². The van der Waals surface area contributed by atoms with Gasteiger partial charge < -0.3 is 61.3 Å². The molecule has 0 fully saturated rings. The molecule has 0 atom stereocenters. The summed E-state index contributed by atoms with van der Waals surface area (Å²) < 4.78 is 0. The molecule has 0 saturated heterocycles. The van der Waals surface area contributed by atoms with Crippen molar-refractivity contribution in [1.82, 2.24) is 0 Å². The summed E-state index contributed by atoms with van der Waals surface area (Å²) in [6, 6.07) is 90.1. The number of allylic oxidation sites excluding steroid dienone is 6. The Morgan fingerprint density at radius 2 is 0.331 bits per heavy atom. The Kier molecular flexibility index (Phi) is 46.3. The molecule has 28 heteroatoms. The molecule has 0 unspecified atom stereocenters. The second kappa shape index (κ2) is 56.1. The summed E-state index contributed by atoms with van der Waals surface area (Å²) in [5.41, 5.74) is -4.35. The molecule has 4 radical (unpaired) electrons. The quantitative estimate of drug-likeness (QED) is 0.0134. The minimum Gasteiger partial charge on any atom is -0.478 e. The second-order valence-corrected chi connectivity index (χ2v) is 28.3. The van der Waals surface area contributed by atoms with Gasteiger partial charge in [-0.25, -0.2) is 57.5 Å². The van der Waals surface area contributed by atoms with Crippen LogP contribution in [-0.2, 0) is 28.8 Å². The van der Waals surface area contributed by atoms with Crippen molar-refractivity contribution in [3.8, 4) is 0 Å². The van der Waals surface area contributed by atoms with Gasteiger partial charge in [0, 0.05) is 214 Å². The van der Waals surface area contributed by atoms with E-state index in [1.54, 1.807) is 218 Å². The summed E-state index contributed by atoms with van der Waals surface area (Å²) in [6.07, 6.45) is 19.7. The van der Waals surface area contributed by atoms with Gasteiger partial charge in [-0.05, 0) is 138 Å². The van der Waals surface area contributed by atoms with Gasteiger partial charge in [-0.2, -0.15) is 0 Å². The number of rotatable bonds is 33. The van der Waals surface area contributed by atoms with Crippen molar-refractivity contribution < 1.29 is 316 Å². The topological polar surface area (TPSA) is 448 Å². The Morgan fingerprint density at radius 1 is 0.169 bits per heavy atom. The molecule has 136 heavy (non-hydrogen) atoms. The molecule has 682 valence electrons. The van der Waals surface area contributed by atoms with Gasteiger partial charge in [-0.15, -0.1) is 0 Å². The van der Waals surface area contributed by atoms with E-state index in [0.717, 1.165) is 53.1 Å². The molecule has 0 aromatic heterocycles. The van der Waals surface area contributed by atoms with Crippen molar-refractivity contribution >= 4 is 143 Å². The predicted octanol–water partition coefficient (Wildman–Crippen LogP) is 20.7. The summed E-state index contributed by atoms with van der Waals surface area (Å²) in [6.45, 7) is 0. The third kappa shape index (κ3) is 31.5. The predicted molar refractivity (Wildman–Crippen MR) is 501 cm³/mol. The Balaban J connectivity index is 0.000000309. The van der Waals surface area contributed by atoms with E-state index < -0.39 is 155 Å². The third-order valence-corrected chi connectivity index (χ3v) is 19.6. The SMILES string of the molecule is O=C(O)C(C(=Cc1ccccc1)C(C=Cc1ccccc1)=Cc1ccccc1)=C(C(=O)O)c1cccc(C(=O)O)c1C(=O)O.O=C(O)C(C(=Cc1ccccc1)C(C=Cc1ccccc1)=Cc1ccccc1)=C(C(=O)O)c1cccc(C(=O)O)c1C(=O)O.O=C(O)C(C(=Cc1ccccc1)C(C=Cc1ccccc1)=Cc1ccccc1)=C(C(=O)O)c1cccc(C(=O)O)c1C(=O)O.[Eu].[Eu].[Eu].[Eu]. The van der Waals surface area contributed by atoms with Crippen LogP contribution < -0.4 is 0 Å². The number of hydrogen-bond acceptors (Lipinski definition) is 12. The first kappa shape index (κ1) is 112. The van der Waals surface area contributed by atoms with Crippen molar-refractivity contribution in [2.24, 2.45) is 0 Å². The average Bonchev–Trinajstić information content (AvgIpc) is 0.777. The molecular formula is C108H78Eu4O24. The van der Waals surface area contributed by atoms with Crippen LogP contribution in [0.5, 0.6) is 0 Å². The van der Waals surface area contributed by atoms with Crippen molar-refractivity contribution in [1.29, 1.82) is 0 Å². The summed E-state index contributed by atoms with van der Waals surface area (Å²) in [5.74, 6) is -20.2. The van der Waals surface area contributed by atoms with Crippen LogP contribution in [0.1, 0.15) is 129 Å². The van der Waals surface area contributed by atoms with E-state index in [1.807, 2.05) is 109 Å². The maximum absolute atomic E-state index is 13.1. The molecule has 0 aliphatic heterocycles. The van der Waals surface area contributed by atoms with E-state index in [2.05, 4.69) is 0 Å². The fourth-order valence-electron chi connectivity index (χ4n) is 13.8. The minimum atomic E-state index is -1.75. The van der Waals surface area contributed by atoms with E-state index in [1.165, 1.54) is 36.4 Å². The first-order valence-corrected chi connectivity index (χ1v) is 39.8. The molecule has 0 heterocycles. The zero-order chi connectivity index (χ0) is 94.9. The molecule has 12 aromatic carbocycles. The van der Waals surface area contributed by atoms with E-state index >= 15 is 0 Å². The number of benzene rings is 12. The summed E-state index contributed by atoms with van der Waals surface area (Å²) in [4.78, 5) is 151. The number of carbonyl (C=O) groups is 12. The Bertz CT molecular complexity index is 6170. The van der Waals surface area contributed by atoms with Gasteiger partial charge in [0.15, 0.2) is 0 Å². The first-order valence-electron chi connectivity index (χ1n) is 39.8. The average molecular weight is 2370 g/mol. The summed E-state index contributed by atoms with van der Waals surface area (Å²) in [7, 11) is 0. The van der Waals surface area contributed by atoms with Crippen LogP contribution in [-0.4, -0.2) is 133 Å². The molecule has 0 amide bonds. The van der Waals surface area contributed by atoms with Gasteiger partial charge in [0.25, 0.3) is 0 Å². The molecule has 0 spiro atoms. The van der Waals surface area contributed by atoms with Gasteiger partial charge in [0.05, 0.1) is 66.8 Å². The Hall–Kier alpha value is -12.5. The molecule has 24 nitrogen and oxygen atoms in total. The maximum atomic E-state index is 13.1. The zero-order valence-corrected chi connectivity index (χ0v) is 80.6. The largest absolute Gasteiger partial charge is 0.478 e. The molecule has 12 N–H and O–H groups in total. The number of aromatic carboxylic acids is 6. The van der Waals surface area contributed by atoms with E-state index in [4.69, 9.17) is 0 Å². The number of carboxylic acid groups (broad SMARTS) is 12. The van der Waals surface area contributed by atoms with Crippen molar-refractivity contribution in [3.63, 3.8) is 0 Å². The van der Waals surface area contributed by atoms with Crippen LogP contribution in [0.3, 0.4) is 0 Å². The van der Waals surface area contributed by atoms with Crippen molar-refractivity contribution in [2.45, 2.75) is 0 Å². The maximum Gasteiger partial charge on any atom is 0.337 e. The molecule has 12 rings (SSSR count). The normalized spacial score (nSPS) is 12.1. The molecule has 0 aliphatic carbocycles. The van der Waals surface area contributed by atoms with E-state index in [-0.39, 0.29) is 214 Å². The number of carboxylic acids is 12. The zero-order valence-electron chi connectivity index (χ0n) is 70.9. The van der Waals surface area contributed by atoms with Crippen LogP contribution in [0.25, 0.3) is 71.4 Å². The molecule has 12 aromatic rings. The molecule has 0 aliphatic rings. The Labute approximate surface area is 942 Å². The fraction of sp³-hybridized carbons (Fsp3) is 0. The summed E-state index contributed by atoms with van der Waals surface area (Å²) in [5, 5.41) is 122. The van der Waals surface area contributed by atoms with Gasteiger partial charge >= 0.3 is 71.6 Å². The standard InChI is InChI=1S/3C36H26O8.4Eu/c3*37-33(38)28-18-10-17-27(30(28)34(39)40)31(35(41)42)32(36(43)44)29(22-25-15-8-3-9-16-25)26(21-24-13-6-2-7-14-24)20-19-23-11-4-1-5-12-23;;;;/h3*1-22H,(H,37,38)(H,39,40)(H,41,42)(H,43,44);;;;. The minimum absolute atomic E-state index is 0. The van der Waals surface area contributed by atoms with Crippen molar-refractivity contribution in [3.05, 3.63) is 496 Å². The van der Waals surface area contributed by atoms with E-state index in [9.17, 15) is 119 Å². The monoisotopic (exact) mass is 2370 g/mol. The third-order valence-electron chi connectivity index (χ3n) is 19.6. The van der Waals surface area contributed by atoms with Crippen molar-refractivity contribution in [2.75, 3.05) is 0 Å². The first-order chi connectivity index (χ1) is 63.5. The molecule has 0 bridgehead atoms.